The highest BCUT2D eigenvalue weighted by atomic mass is 32.2. The molecule has 0 bridgehead atoms. The van der Waals surface area contributed by atoms with Crippen molar-refractivity contribution in [2.45, 2.75) is 50.1 Å². The Morgan fingerprint density at radius 2 is 1.69 bits per heavy atom. The predicted octanol–water partition coefficient (Wildman–Crippen LogP) is 4.32. The zero-order valence-electron chi connectivity index (χ0n) is 24.8. The van der Waals surface area contributed by atoms with E-state index in [4.69, 9.17) is 14.2 Å². The highest BCUT2D eigenvalue weighted by molar-refractivity contribution is 8.14. The van der Waals surface area contributed by atoms with E-state index in [1.165, 1.54) is 31.1 Å². The molecule has 1 saturated heterocycles. The van der Waals surface area contributed by atoms with E-state index in [2.05, 4.69) is 5.32 Å². The van der Waals surface area contributed by atoms with Gasteiger partial charge in [-0.2, -0.15) is 0 Å². The van der Waals surface area contributed by atoms with Gasteiger partial charge in [0, 0.05) is 6.92 Å². The van der Waals surface area contributed by atoms with Gasteiger partial charge in [-0.05, 0) is 60.2 Å². The van der Waals surface area contributed by atoms with E-state index in [9.17, 15) is 29.1 Å². The predicted molar refractivity (Wildman–Crippen MR) is 165 cm³/mol. The molecule has 12 heteroatoms. The Balaban J connectivity index is 1.40. The number of hydrogen-bond donors (Lipinski definition) is 2. The Labute approximate surface area is 264 Å². The highest BCUT2D eigenvalue weighted by Crippen LogP contribution is 2.37. The quantitative estimate of drug-likeness (QED) is 0.231. The van der Waals surface area contributed by atoms with E-state index in [1.54, 1.807) is 36.4 Å². The van der Waals surface area contributed by atoms with Crippen LogP contribution in [0.2, 0.25) is 0 Å². The number of aromatic hydroxyl groups is 1. The van der Waals surface area contributed by atoms with Gasteiger partial charge in [0.05, 0.1) is 24.9 Å². The molecule has 0 saturated carbocycles. The van der Waals surface area contributed by atoms with E-state index >= 15 is 0 Å². The van der Waals surface area contributed by atoms with Crippen LogP contribution >= 0.6 is 11.8 Å². The van der Waals surface area contributed by atoms with Gasteiger partial charge < -0.3 is 29.5 Å². The maximum absolute atomic E-state index is 13.5. The highest BCUT2D eigenvalue weighted by Gasteiger charge is 2.42. The number of carbonyl (C=O) groups excluding carboxylic acids is 5. The Kier molecular flexibility index (Phi) is 11.6. The van der Waals surface area contributed by atoms with E-state index < -0.39 is 47.8 Å². The van der Waals surface area contributed by atoms with Crippen LogP contribution in [0.15, 0.2) is 78.9 Å². The number of esters is 1. The molecule has 1 heterocycles. The summed E-state index contributed by atoms with van der Waals surface area (Å²) >= 11 is 0.810. The molecule has 0 aromatic heterocycles. The van der Waals surface area contributed by atoms with Gasteiger partial charge in [0.15, 0.2) is 5.12 Å². The smallest absolute Gasteiger partial charge is 0.508 e. The molecule has 45 heavy (non-hydrogen) atoms. The number of rotatable bonds is 11. The van der Waals surface area contributed by atoms with Crippen molar-refractivity contribution in [2.24, 2.45) is 0 Å². The molecule has 0 aliphatic carbocycles. The van der Waals surface area contributed by atoms with Crippen molar-refractivity contribution in [2.75, 3.05) is 13.7 Å². The van der Waals surface area contributed by atoms with Crippen LogP contribution in [0.25, 0.3) is 0 Å². The lowest BCUT2D eigenvalue weighted by Crippen LogP contribution is -2.48. The minimum atomic E-state index is -0.896. The molecule has 1 aliphatic heterocycles. The van der Waals surface area contributed by atoms with Gasteiger partial charge in [-0.1, -0.05) is 66.4 Å². The lowest BCUT2D eigenvalue weighted by Gasteiger charge is -2.29. The Hall–Kier alpha value is -4.84. The second-order valence-electron chi connectivity index (χ2n) is 10.3. The van der Waals surface area contributed by atoms with Crippen molar-refractivity contribution in [1.29, 1.82) is 0 Å². The van der Waals surface area contributed by atoms with E-state index in [0.717, 1.165) is 17.3 Å². The van der Waals surface area contributed by atoms with Gasteiger partial charge in [-0.3, -0.25) is 14.4 Å². The Morgan fingerprint density at radius 3 is 2.40 bits per heavy atom. The lowest BCUT2D eigenvalue weighted by molar-refractivity contribution is -0.152. The first kappa shape index (κ1) is 33.1. The second kappa shape index (κ2) is 15.8. The zero-order valence-corrected chi connectivity index (χ0v) is 25.7. The number of methoxy groups -OCH3 is 1. The van der Waals surface area contributed by atoms with Crippen LogP contribution in [-0.2, 0) is 41.7 Å². The average molecular weight is 635 g/mol. The minimum absolute atomic E-state index is 0.0253. The van der Waals surface area contributed by atoms with E-state index in [1.807, 2.05) is 30.3 Å². The van der Waals surface area contributed by atoms with Crippen molar-refractivity contribution >= 4 is 40.8 Å². The first-order valence-corrected chi connectivity index (χ1v) is 15.1. The molecule has 2 N–H and O–H groups in total. The molecule has 3 aromatic rings. The SMILES string of the molecule is COC(=O)[C@@H]1CC[C@H](c2cccc(O)c2)N1C(=O)CNC(=O)C(Cc1cccc(OC(=O)OCc2ccccc2)c1)SC(C)=O. The van der Waals surface area contributed by atoms with Crippen molar-refractivity contribution in [3.8, 4) is 11.5 Å². The van der Waals surface area contributed by atoms with Crippen molar-refractivity contribution in [3.63, 3.8) is 0 Å². The molecule has 1 aliphatic rings. The molecule has 11 nitrogen and oxygen atoms in total. The first-order chi connectivity index (χ1) is 21.6. The number of carbonyl (C=O) groups is 5. The molecule has 236 valence electrons. The van der Waals surface area contributed by atoms with Gasteiger partial charge in [-0.25, -0.2) is 9.59 Å². The molecular formula is C33H34N2O9S. The van der Waals surface area contributed by atoms with Crippen LogP contribution < -0.4 is 10.1 Å². The van der Waals surface area contributed by atoms with Crippen LogP contribution in [0, 0.1) is 0 Å². The molecule has 1 unspecified atom stereocenters. The summed E-state index contributed by atoms with van der Waals surface area (Å²) in [6.07, 6.45) is 0.0246. The molecule has 1 fully saturated rings. The number of amides is 2. The van der Waals surface area contributed by atoms with Crippen LogP contribution in [0.4, 0.5) is 4.79 Å². The summed E-state index contributed by atoms with van der Waals surface area (Å²) in [6.45, 7) is 0.957. The third kappa shape index (κ3) is 9.32. The summed E-state index contributed by atoms with van der Waals surface area (Å²) in [6, 6.07) is 20.7. The number of thioether (sulfide) groups is 1. The normalized spacial score (nSPS) is 16.4. The molecule has 4 rings (SSSR count). The number of hydrogen-bond acceptors (Lipinski definition) is 10. The zero-order chi connectivity index (χ0) is 32.3. The molecule has 3 aromatic carbocycles. The van der Waals surface area contributed by atoms with Crippen molar-refractivity contribution < 1.29 is 43.3 Å². The maximum Gasteiger partial charge on any atom is 0.514 e. The average Bonchev–Trinajstić information content (AvgIpc) is 3.48. The second-order valence-corrected chi connectivity index (χ2v) is 11.7. The van der Waals surface area contributed by atoms with Crippen molar-refractivity contribution in [3.05, 3.63) is 95.6 Å². The lowest BCUT2D eigenvalue weighted by atomic mass is 10.0. The van der Waals surface area contributed by atoms with Crippen molar-refractivity contribution in [1.82, 2.24) is 10.2 Å². The number of likely N-dealkylation sites (tertiary alicyclic amines) is 1. The number of phenolic OH excluding ortho intramolecular Hbond substituents is 1. The van der Waals surface area contributed by atoms with Gasteiger partial charge in [-0.15, -0.1) is 0 Å². The number of phenols is 1. The fraction of sp³-hybridized carbons (Fsp3) is 0.303. The monoisotopic (exact) mass is 634 g/mol. The summed E-state index contributed by atoms with van der Waals surface area (Å²) < 4.78 is 15.4. The number of ether oxygens (including phenoxy) is 3. The van der Waals surface area contributed by atoms with Crippen LogP contribution in [0.5, 0.6) is 11.5 Å². The summed E-state index contributed by atoms with van der Waals surface area (Å²) in [5, 5.41) is 11.4. The number of nitrogens with zero attached hydrogens (tertiary/aromatic N) is 1. The summed E-state index contributed by atoms with van der Waals surface area (Å²) in [5.74, 6) is -1.42. The van der Waals surface area contributed by atoms with Crippen LogP contribution in [-0.4, -0.2) is 64.0 Å². The molecule has 3 atom stereocenters. The van der Waals surface area contributed by atoms with Crippen LogP contribution in [0.3, 0.4) is 0 Å². The topological polar surface area (TPSA) is 149 Å². The number of nitrogens with one attached hydrogen (secondary N) is 1. The van der Waals surface area contributed by atoms with E-state index in [-0.39, 0.29) is 29.6 Å². The summed E-state index contributed by atoms with van der Waals surface area (Å²) in [4.78, 5) is 64.8. The third-order valence-corrected chi connectivity index (χ3v) is 8.13. The van der Waals surface area contributed by atoms with Gasteiger partial charge in [0.1, 0.15) is 24.1 Å². The molecule has 2 amide bonds. The fourth-order valence-electron chi connectivity index (χ4n) is 5.13. The van der Waals surface area contributed by atoms with Gasteiger partial charge in [0.25, 0.3) is 0 Å². The van der Waals surface area contributed by atoms with E-state index in [0.29, 0.717) is 24.0 Å². The number of benzene rings is 3. The molecular weight excluding hydrogens is 600 g/mol. The first-order valence-electron chi connectivity index (χ1n) is 14.2. The van der Waals surface area contributed by atoms with Gasteiger partial charge in [0.2, 0.25) is 11.8 Å². The Morgan fingerprint density at radius 1 is 0.956 bits per heavy atom. The molecule has 0 spiro atoms. The largest absolute Gasteiger partial charge is 0.514 e. The van der Waals surface area contributed by atoms with Crippen LogP contribution in [0.1, 0.15) is 42.5 Å². The summed E-state index contributed by atoms with van der Waals surface area (Å²) in [7, 11) is 1.24. The fourth-order valence-corrected chi connectivity index (χ4v) is 6.00. The summed E-state index contributed by atoms with van der Waals surface area (Å²) in [5.41, 5.74) is 2.06. The maximum atomic E-state index is 13.5. The van der Waals surface area contributed by atoms with Gasteiger partial charge >= 0.3 is 12.1 Å². The third-order valence-electron chi connectivity index (χ3n) is 7.14. The minimum Gasteiger partial charge on any atom is -0.508 e. The molecule has 0 radical (unpaired) electrons. The standard InChI is InChI=1S/C33H34N2O9S/c1-21(36)45-29(17-23-10-6-13-26(16-23)44-33(41)43-20-22-8-4-3-5-9-22)31(39)34-19-30(38)35-27(14-15-28(35)32(40)42-2)24-11-7-12-25(37)18-24/h3-13,16,18,27-29,37H,14-15,17,19-20H2,1-2H3,(H,34,39)/t27-,28+,29?/m1/s1. The Bertz CT molecular complexity index is 1530.